The van der Waals surface area contributed by atoms with Crippen molar-refractivity contribution in [3.05, 3.63) is 23.0 Å². The van der Waals surface area contributed by atoms with E-state index in [1.807, 2.05) is 12.1 Å². The van der Waals surface area contributed by atoms with Crippen LogP contribution in [0.3, 0.4) is 0 Å². The quantitative estimate of drug-likeness (QED) is 0.636. The first kappa shape index (κ1) is 18.8. The number of hydrogen-bond acceptors (Lipinski definition) is 5. The van der Waals surface area contributed by atoms with E-state index >= 15 is 0 Å². The predicted octanol–water partition coefficient (Wildman–Crippen LogP) is 2.76. The Hall–Kier alpha value is -2.25. The van der Waals surface area contributed by atoms with Crippen LogP contribution in [0.15, 0.2) is 23.0 Å². The predicted molar refractivity (Wildman–Crippen MR) is 77.8 cm³/mol. The molecule has 0 radical (unpaired) electrons. The Labute approximate surface area is 127 Å². The summed E-state index contributed by atoms with van der Waals surface area (Å²) in [5.74, 6) is -3.44. The van der Waals surface area contributed by atoms with Crippen LogP contribution in [0.4, 0.5) is 0 Å². The zero-order valence-corrected chi connectivity index (χ0v) is 12.1. The number of thioether (sulfide) groups is 1. The van der Waals surface area contributed by atoms with Gasteiger partial charge in [0.1, 0.15) is 0 Å². The molecule has 2 N–H and O–H groups in total. The van der Waals surface area contributed by atoms with Gasteiger partial charge < -0.3 is 10.2 Å². The number of nitrogens with zero attached hydrogens (tertiary/aromatic N) is 2. The number of aliphatic carboxylic acids is 2. The maximum atomic E-state index is 10.9. The lowest BCUT2D eigenvalue weighted by molar-refractivity contribution is -0.141. The molecular formula is C14H16N2O4S. The van der Waals surface area contributed by atoms with Crippen molar-refractivity contribution in [3.8, 4) is 12.1 Å². The van der Waals surface area contributed by atoms with Crippen LogP contribution in [0.2, 0.25) is 0 Å². The van der Waals surface area contributed by atoms with Crippen molar-refractivity contribution in [1.29, 1.82) is 10.5 Å². The van der Waals surface area contributed by atoms with Crippen LogP contribution in [-0.2, 0) is 9.59 Å². The molecule has 0 bridgehead atoms. The van der Waals surface area contributed by atoms with Crippen molar-refractivity contribution in [1.82, 2.24) is 0 Å². The van der Waals surface area contributed by atoms with Gasteiger partial charge in [-0.3, -0.25) is 9.59 Å². The first-order valence-corrected chi connectivity index (χ1v) is 7.15. The molecule has 0 amide bonds. The molecule has 7 heteroatoms. The van der Waals surface area contributed by atoms with Gasteiger partial charge in [-0.25, -0.2) is 0 Å². The van der Waals surface area contributed by atoms with Gasteiger partial charge >= 0.3 is 11.9 Å². The molecule has 0 saturated heterocycles. The van der Waals surface area contributed by atoms with Crippen molar-refractivity contribution < 1.29 is 19.8 Å². The summed E-state index contributed by atoms with van der Waals surface area (Å²) >= 11 is 1.16. The highest BCUT2D eigenvalue weighted by molar-refractivity contribution is 8.04. The normalized spacial score (nSPS) is 13.6. The summed E-state index contributed by atoms with van der Waals surface area (Å²) in [6.45, 7) is 0. The lowest BCUT2D eigenvalue weighted by atomic mass is 10.0. The summed E-state index contributed by atoms with van der Waals surface area (Å²) in [6, 6.07) is 3.78. The molecule has 0 spiro atoms. The van der Waals surface area contributed by atoms with Gasteiger partial charge in [0.05, 0.1) is 24.0 Å². The molecule has 0 aliphatic heterocycles. The average molecular weight is 308 g/mol. The molecule has 0 rings (SSSR count). The third kappa shape index (κ3) is 9.31. The van der Waals surface area contributed by atoms with Crippen molar-refractivity contribution in [3.63, 3.8) is 0 Å². The van der Waals surface area contributed by atoms with E-state index < -0.39 is 23.8 Å². The number of nitriles is 2. The van der Waals surface area contributed by atoms with Crippen LogP contribution in [0.5, 0.6) is 0 Å². The first-order chi connectivity index (χ1) is 10.0. The largest absolute Gasteiger partial charge is 0.481 e. The monoisotopic (exact) mass is 308 g/mol. The fourth-order valence-corrected chi connectivity index (χ4v) is 2.02. The molecule has 6 nitrogen and oxygen atoms in total. The fraction of sp³-hybridized carbons (Fsp3) is 0.429. The second kappa shape index (κ2) is 11.6. The zero-order valence-electron chi connectivity index (χ0n) is 11.3. The summed E-state index contributed by atoms with van der Waals surface area (Å²) in [5, 5.41) is 37.8. The van der Waals surface area contributed by atoms with Gasteiger partial charge in [0.2, 0.25) is 0 Å². The summed E-state index contributed by atoms with van der Waals surface area (Å²) in [7, 11) is 0. The molecule has 0 aliphatic rings. The van der Waals surface area contributed by atoms with Crippen molar-refractivity contribution in [2.24, 2.45) is 11.8 Å². The van der Waals surface area contributed by atoms with Gasteiger partial charge in [0.15, 0.2) is 0 Å². The molecular weight excluding hydrogens is 292 g/mol. The van der Waals surface area contributed by atoms with Crippen molar-refractivity contribution in [2.75, 3.05) is 0 Å². The Morgan fingerprint density at radius 1 is 0.952 bits per heavy atom. The third-order valence-electron chi connectivity index (χ3n) is 2.55. The SMILES string of the molecule is N#CCCC(C=CSC=CC(CCC#N)C(=O)O)C(=O)O. The minimum atomic E-state index is -0.997. The lowest BCUT2D eigenvalue weighted by Gasteiger charge is -2.04. The Morgan fingerprint density at radius 2 is 1.33 bits per heavy atom. The fourth-order valence-electron chi connectivity index (χ4n) is 1.37. The van der Waals surface area contributed by atoms with Crippen LogP contribution in [0.1, 0.15) is 25.7 Å². The summed E-state index contributed by atoms with van der Waals surface area (Å²) < 4.78 is 0. The van der Waals surface area contributed by atoms with Gasteiger partial charge in [-0.2, -0.15) is 10.5 Å². The van der Waals surface area contributed by atoms with Crippen LogP contribution >= 0.6 is 11.8 Å². The molecule has 0 aliphatic carbocycles. The molecule has 0 aromatic heterocycles. The van der Waals surface area contributed by atoms with E-state index in [0.29, 0.717) is 0 Å². The highest BCUT2D eigenvalue weighted by Gasteiger charge is 2.13. The van der Waals surface area contributed by atoms with E-state index in [9.17, 15) is 9.59 Å². The highest BCUT2D eigenvalue weighted by atomic mass is 32.2. The van der Waals surface area contributed by atoms with E-state index in [-0.39, 0.29) is 25.7 Å². The van der Waals surface area contributed by atoms with Crippen LogP contribution in [0.25, 0.3) is 0 Å². The average Bonchev–Trinajstić information content (AvgIpc) is 2.44. The minimum Gasteiger partial charge on any atom is -0.481 e. The maximum Gasteiger partial charge on any atom is 0.310 e. The van der Waals surface area contributed by atoms with Gasteiger partial charge in [-0.15, -0.1) is 11.8 Å². The van der Waals surface area contributed by atoms with Gasteiger partial charge in [0, 0.05) is 12.8 Å². The summed E-state index contributed by atoms with van der Waals surface area (Å²) in [4.78, 5) is 21.8. The van der Waals surface area contributed by atoms with Crippen LogP contribution in [0, 0.1) is 34.5 Å². The van der Waals surface area contributed by atoms with Crippen molar-refractivity contribution in [2.45, 2.75) is 25.7 Å². The third-order valence-corrected chi connectivity index (χ3v) is 3.18. The van der Waals surface area contributed by atoms with E-state index in [0.717, 1.165) is 11.8 Å². The number of carboxylic acid groups (broad SMARTS) is 2. The zero-order chi connectivity index (χ0) is 16.1. The lowest BCUT2D eigenvalue weighted by Crippen LogP contribution is -2.10. The second-order valence-corrected chi connectivity index (χ2v) is 4.89. The first-order valence-electron chi connectivity index (χ1n) is 6.21. The molecule has 2 unspecified atom stereocenters. The number of hydrogen-bond donors (Lipinski definition) is 2. The Balaban J connectivity index is 4.36. The molecule has 2 atom stereocenters. The van der Waals surface area contributed by atoms with E-state index in [1.165, 1.54) is 12.2 Å². The number of carboxylic acids is 2. The second-order valence-electron chi connectivity index (χ2n) is 4.08. The smallest absolute Gasteiger partial charge is 0.310 e. The Bertz CT molecular complexity index is 444. The number of rotatable bonds is 10. The topological polar surface area (TPSA) is 122 Å². The Kier molecular flexibility index (Phi) is 10.3. The molecule has 0 heterocycles. The molecule has 112 valence electrons. The molecule has 21 heavy (non-hydrogen) atoms. The highest BCUT2D eigenvalue weighted by Crippen LogP contribution is 2.15. The minimum absolute atomic E-state index is 0.164. The van der Waals surface area contributed by atoms with Crippen LogP contribution in [-0.4, -0.2) is 22.2 Å². The molecule has 0 aromatic carbocycles. The van der Waals surface area contributed by atoms with Gasteiger partial charge in [-0.05, 0) is 23.7 Å². The summed E-state index contributed by atoms with van der Waals surface area (Å²) in [5.41, 5.74) is 0. The van der Waals surface area contributed by atoms with Gasteiger partial charge in [0.25, 0.3) is 0 Å². The molecule has 0 fully saturated rings. The molecule has 0 saturated carbocycles. The van der Waals surface area contributed by atoms with E-state index in [4.69, 9.17) is 20.7 Å². The molecule has 0 aromatic rings. The number of carbonyl (C=O) groups is 2. The maximum absolute atomic E-state index is 10.9. The van der Waals surface area contributed by atoms with E-state index in [2.05, 4.69) is 0 Å². The van der Waals surface area contributed by atoms with Gasteiger partial charge in [-0.1, -0.05) is 12.2 Å². The summed E-state index contributed by atoms with van der Waals surface area (Å²) in [6.07, 6.45) is 3.76. The Morgan fingerprint density at radius 3 is 1.62 bits per heavy atom. The van der Waals surface area contributed by atoms with E-state index in [1.54, 1.807) is 10.8 Å². The van der Waals surface area contributed by atoms with Crippen LogP contribution < -0.4 is 0 Å². The van der Waals surface area contributed by atoms with Crippen molar-refractivity contribution >= 4 is 23.7 Å². The standard InChI is InChI=1S/C14H16N2O4S/c15-7-1-3-11(13(17)18)5-9-21-10-6-12(14(19)20)4-2-8-16/h5-6,9-12H,1-4H2,(H,17,18)(H,19,20).